The Kier molecular flexibility index (Phi) is 7.68. The van der Waals surface area contributed by atoms with Gasteiger partial charge in [0.1, 0.15) is 5.82 Å². The molecule has 0 spiro atoms. The van der Waals surface area contributed by atoms with Crippen LogP contribution in [-0.4, -0.2) is 58.5 Å². The highest BCUT2D eigenvalue weighted by molar-refractivity contribution is 7.80. The van der Waals surface area contributed by atoms with Crippen molar-refractivity contribution in [1.29, 1.82) is 0 Å². The lowest BCUT2D eigenvalue weighted by molar-refractivity contribution is -0.130. The number of aromatic nitrogens is 1. The van der Waals surface area contributed by atoms with Gasteiger partial charge in [0.2, 0.25) is 5.91 Å². The number of piperazine rings is 1. The minimum atomic E-state index is 0.0730. The van der Waals surface area contributed by atoms with Crippen molar-refractivity contribution in [2.75, 3.05) is 37.6 Å². The Labute approximate surface area is 198 Å². The normalized spacial score (nSPS) is 13.6. The van der Waals surface area contributed by atoms with Gasteiger partial charge >= 0.3 is 0 Å². The molecule has 0 bridgehead atoms. The maximum absolute atomic E-state index is 12.8. The zero-order chi connectivity index (χ0) is 22.2. The Morgan fingerprint density at radius 2 is 1.78 bits per heavy atom. The van der Waals surface area contributed by atoms with E-state index in [2.05, 4.69) is 43.7 Å². The smallest absolute Gasteiger partial charge is 0.242 e. The number of carbonyl (C=O) groups excluding carboxylic acids is 1. The van der Waals surface area contributed by atoms with E-state index in [4.69, 9.17) is 12.2 Å². The summed E-state index contributed by atoms with van der Waals surface area (Å²) < 4.78 is 0. The summed E-state index contributed by atoms with van der Waals surface area (Å²) in [5, 5.41) is 5.87. The summed E-state index contributed by atoms with van der Waals surface area (Å²) in [6, 6.07) is 20.3. The maximum Gasteiger partial charge on any atom is 0.242 e. The number of anilines is 1. The molecular weight excluding hydrogens is 438 g/mol. The van der Waals surface area contributed by atoms with E-state index in [0.717, 1.165) is 25.5 Å². The highest BCUT2D eigenvalue weighted by Gasteiger charge is 2.22. The largest absolute Gasteiger partial charge is 0.353 e. The van der Waals surface area contributed by atoms with Crippen molar-refractivity contribution < 1.29 is 4.79 Å². The molecule has 6 nitrogen and oxygen atoms in total. The van der Waals surface area contributed by atoms with Gasteiger partial charge in [0.15, 0.2) is 5.11 Å². The van der Waals surface area contributed by atoms with Crippen molar-refractivity contribution in [3.05, 3.63) is 82.7 Å². The predicted molar refractivity (Wildman–Crippen MR) is 134 cm³/mol. The molecule has 1 saturated heterocycles. The molecule has 1 amide bonds. The summed E-state index contributed by atoms with van der Waals surface area (Å²) in [7, 11) is 0. The molecule has 0 unspecified atom stereocenters. The summed E-state index contributed by atoms with van der Waals surface area (Å²) in [5.41, 5.74) is 1.19. The van der Waals surface area contributed by atoms with E-state index in [1.165, 1.54) is 10.4 Å². The first kappa shape index (κ1) is 22.2. The van der Waals surface area contributed by atoms with Crippen LogP contribution in [0.5, 0.6) is 0 Å². The van der Waals surface area contributed by atoms with Crippen LogP contribution < -0.4 is 10.2 Å². The molecular formula is C24H27N5OS2. The average molecular weight is 466 g/mol. The SMILES string of the molecule is O=C(CNC(=S)N(Cc1ccccc1)Cc1cccs1)N1CCN(c2ccccn2)CC1. The molecule has 3 aromatic rings. The van der Waals surface area contributed by atoms with Crippen LogP contribution in [0, 0.1) is 0 Å². The van der Waals surface area contributed by atoms with Crippen molar-refractivity contribution in [3.8, 4) is 0 Å². The highest BCUT2D eigenvalue weighted by Crippen LogP contribution is 2.15. The Morgan fingerprint density at radius 3 is 2.47 bits per heavy atom. The molecule has 0 saturated carbocycles. The molecule has 2 aromatic heterocycles. The van der Waals surface area contributed by atoms with Gasteiger partial charge in [-0.1, -0.05) is 42.5 Å². The Bertz CT molecular complexity index is 990. The zero-order valence-corrected chi connectivity index (χ0v) is 19.5. The lowest BCUT2D eigenvalue weighted by Crippen LogP contribution is -2.52. The standard InChI is InChI=1S/C24H27N5OS2/c30-23(28-14-12-27(13-15-28)22-10-4-5-11-25-22)17-26-24(31)29(19-21-9-6-16-32-21)18-20-7-2-1-3-8-20/h1-11,16H,12-15,17-19H2,(H,26,31). The lowest BCUT2D eigenvalue weighted by Gasteiger charge is -2.35. The molecule has 0 atom stereocenters. The van der Waals surface area contributed by atoms with Gasteiger partial charge in [-0.25, -0.2) is 4.98 Å². The van der Waals surface area contributed by atoms with Crippen LogP contribution in [0.15, 0.2) is 72.2 Å². The minimum absolute atomic E-state index is 0.0730. The van der Waals surface area contributed by atoms with Crippen molar-refractivity contribution in [2.24, 2.45) is 0 Å². The van der Waals surface area contributed by atoms with Crippen LogP contribution in [-0.2, 0) is 17.9 Å². The first-order chi connectivity index (χ1) is 15.7. The van der Waals surface area contributed by atoms with Crippen molar-refractivity contribution in [1.82, 2.24) is 20.1 Å². The Morgan fingerprint density at radius 1 is 1.00 bits per heavy atom. The molecule has 4 rings (SSSR count). The number of nitrogens with one attached hydrogen (secondary N) is 1. The van der Waals surface area contributed by atoms with Crippen molar-refractivity contribution in [3.63, 3.8) is 0 Å². The van der Waals surface area contributed by atoms with Crippen LogP contribution in [0.3, 0.4) is 0 Å². The number of pyridine rings is 1. The second-order valence-corrected chi connectivity index (χ2v) is 9.05. The summed E-state index contributed by atoms with van der Waals surface area (Å²) in [6.07, 6.45) is 1.80. The molecule has 0 radical (unpaired) electrons. The molecule has 1 aromatic carbocycles. The first-order valence-electron chi connectivity index (χ1n) is 10.7. The third kappa shape index (κ3) is 6.05. The number of carbonyl (C=O) groups is 1. The Balaban J connectivity index is 1.30. The van der Waals surface area contributed by atoms with E-state index < -0.39 is 0 Å². The van der Waals surface area contributed by atoms with Crippen LogP contribution in [0.4, 0.5) is 5.82 Å². The average Bonchev–Trinajstić information content (AvgIpc) is 3.36. The quantitative estimate of drug-likeness (QED) is 0.540. The number of hydrogen-bond donors (Lipinski definition) is 1. The highest BCUT2D eigenvalue weighted by atomic mass is 32.1. The summed E-state index contributed by atoms with van der Waals surface area (Å²) >= 11 is 7.39. The van der Waals surface area contributed by atoms with Gasteiger partial charge in [0.25, 0.3) is 0 Å². The fourth-order valence-corrected chi connectivity index (χ4v) is 4.62. The number of amides is 1. The molecule has 3 heterocycles. The fourth-order valence-electron chi connectivity index (χ4n) is 3.69. The summed E-state index contributed by atoms with van der Waals surface area (Å²) in [6.45, 7) is 4.56. The van der Waals surface area contributed by atoms with E-state index in [-0.39, 0.29) is 12.5 Å². The third-order valence-corrected chi connectivity index (χ3v) is 6.69. The molecule has 8 heteroatoms. The number of thiophene rings is 1. The first-order valence-corrected chi connectivity index (χ1v) is 12.0. The van der Waals surface area contributed by atoms with Gasteiger partial charge in [-0.2, -0.15) is 0 Å². The lowest BCUT2D eigenvalue weighted by atomic mass is 10.2. The third-order valence-electron chi connectivity index (χ3n) is 5.43. The van der Waals surface area contributed by atoms with Gasteiger partial charge in [-0.15, -0.1) is 11.3 Å². The van der Waals surface area contributed by atoms with Crippen LogP contribution in [0.25, 0.3) is 0 Å². The van der Waals surface area contributed by atoms with E-state index in [9.17, 15) is 4.79 Å². The van der Waals surface area contributed by atoms with Gasteiger partial charge in [0.05, 0.1) is 13.1 Å². The van der Waals surface area contributed by atoms with E-state index in [1.54, 1.807) is 17.5 Å². The number of benzene rings is 1. The van der Waals surface area contributed by atoms with E-state index in [1.807, 2.05) is 47.4 Å². The number of nitrogens with zero attached hydrogens (tertiary/aromatic N) is 4. The van der Waals surface area contributed by atoms with Crippen LogP contribution in [0.1, 0.15) is 10.4 Å². The molecule has 1 fully saturated rings. The molecule has 1 aliphatic rings. The molecule has 1 N–H and O–H groups in total. The molecule has 32 heavy (non-hydrogen) atoms. The minimum Gasteiger partial charge on any atom is -0.353 e. The second-order valence-electron chi connectivity index (χ2n) is 7.64. The number of rotatable bonds is 7. The maximum atomic E-state index is 12.8. The zero-order valence-electron chi connectivity index (χ0n) is 17.9. The van der Waals surface area contributed by atoms with Crippen molar-refractivity contribution in [2.45, 2.75) is 13.1 Å². The summed E-state index contributed by atoms with van der Waals surface area (Å²) in [4.78, 5) is 24.7. The summed E-state index contributed by atoms with van der Waals surface area (Å²) in [5.74, 6) is 1.04. The molecule has 0 aliphatic carbocycles. The van der Waals surface area contributed by atoms with Gasteiger partial charge in [-0.3, -0.25) is 4.79 Å². The van der Waals surface area contributed by atoms with Gasteiger partial charge < -0.3 is 20.0 Å². The van der Waals surface area contributed by atoms with Crippen LogP contribution in [0.2, 0.25) is 0 Å². The topological polar surface area (TPSA) is 51.7 Å². The molecule has 1 aliphatic heterocycles. The van der Waals surface area contributed by atoms with Gasteiger partial charge in [-0.05, 0) is 41.4 Å². The fraction of sp³-hybridized carbons (Fsp3) is 0.292. The van der Waals surface area contributed by atoms with Crippen LogP contribution >= 0.6 is 23.6 Å². The monoisotopic (exact) mass is 465 g/mol. The number of thiocarbonyl (C=S) groups is 1. The molecule has 166 valence electrons. The second kappa shape index (κ2) is 11.1. The van der Waals surface area contributed by atoms with E-state index >= 15 is 0 Å². The van der Waals surface area contributed by atoms with Crippen molar-refractivity contribution >= 4 is 40.4 Å². The van der Waals surface area contributed by atoms with Gasteiger partial charge in [0, 0.05) is 43.8 Å². The Hall–Kier alpha value is -2.97. The number of hydrogen-bond acceptors (Lipinski definition) is 5. The predicted octanol–water partition coefficient (Wildman–Crippen LogP) is 3.37. The van der Waals surface area contributed by atoms with E-state index in [0.29, 0.717) is 24.7 Å².